The molecule has 102 valence electrons. The normalized spacial score (nSPS) is 13.2. The van der Waals surface area contributed by atoms with Gasteiger partial charge in [-0.05, 0) is 17.7 Å². The SMILES string of the molecule is C#CCC(N)C(=O)NC(c1ccccc1)c1ccco1. The van der Waals surface area contributed by atoms with Crippen LogP contribution >= 0.6 is 0 Å². The van der Waals surface area contributed by atoms with Gasteiger partial charge in [0.15, 0.2) is 0 Å². The van der Waals surface area contributed by atoms with E-state index in [0.717, 1.165) is 5.56 Å². The largest absolute Gasteiger partial charge is 0.467 e. The van der Waals surface area contributed by atoms with Crippen LogP contribution in [-0.2, 0) is 4.79 Å². The Morgan fingerprint density at radius 1 is 1.30 bits per heavy atom. The predicted octanol–water partition coefficient (Wildman–Crippen LogP) is 1.84. The molecular formula is C16H16N2O2. The Hall–Kier alpha value is -2.51. The van der Waals surface area contributed by atoms with Gasteiger partial charge in [-0.3, -0.25) is 4.79 Å². The van der Waals surface area contributed by atoms with Crippen LogP contribution in [0.4, 0.5) is 0 Å². The van der Waals surface area contributed by atoms with Crippen LogP contribution in [0.15, 0.2) is 53.1 Å². The van der Waals surface area contributed by atoms with E-state index >= 15 is 0 Å². The van der Waals surface area contributed by atoms with Crippen molar-refractivity contribution in [2.45, 2.75) is 18.5 Å². The molecule has 1 aromatic carbocycles. The van der Waals surface area contributed by atoms with E-state index in [1.807, 2.05) is 36.4 Å². The second-order valence-electron chi connectivity index (χ2n) is 4.38. The standard InChI is InChI=1S/C16H16N2O2/c1-2-7-13(17)16(19)18-15(14-10-6-11-20-14)12-8-4-3-5-9-12/h1,3-6,8-11,13,15H,7,17H2,(H,18,19). The van der Waals surface area contributed by atoms with E-state index in [0.29, 0.717) is 5.76 Å². The number of furan rings is 1. The van der Waals surface area contributed by atoms with Crippen molar-refractivity contribution in [3.63, 3.8) is 0 Å². The fraction of sp³-hybridized carbons (Fsp3) is 0.188. The third-order valence-corrected chi connectivity index (χ3v) is 2.92. The molecule has 1 aromatic heterocycles. The average Bonchev–Trinajstić information content (AvgIpc) is 2.99. The lowest BCUT2D eigenvalue weighted by atomic mass is 10.0. The topological polar surface area (TPSA) is 68.3 Å². The van der Waals surface area contributed by atoms with Gasteiger partial charge >= 0.3 is 0 Å². The lowest BCUT2D eigenvalue weighted by Gasteiger charge is -2.19. The number of amides is 1. The van der Waals surface area contributed by atoms with Crippen molar-refractivity contribution in [2.24, 2.45) is 5.73 Å². The van der Waals surface area contributed by atoms with Gasteiger partial charge < -0.3 is 15.5 Å². The molecule has 1 heterocycles. The van der Waals surface area contributed by atoms with Crippen LogP contribution in [0.25, 0.3) is 0 Å². The molecule has 0 saturated heterocycles. The van der Waals surface area contributed by atoms with Gasteiger partial charge in [0.2, 0.25) is 5.91 Å². The molecule has 0 aliphatic heterocycles. The minimum Gasteiger partial charge on any atom is -0.467 e. The first kappa shape index (κ1) is 13.9. The summed E-state index contributed by atoms with van der Waals surface area (Å²) >= 11 is 0. The number of nitrogens with one attached hydrogen (secondary N) is 1. The Balaban J connectivity index is 2.21. The van der Waals surface area contributed by atoms with Gasteiger partial charge in [0, 0.05) is 6.42 Å². The molecule has 4 nitrogen and oxygen atoms in total. The van der Waals surface area contributed by atoms with Gasteiger partial charge in [-0.1, -0.05) is 30.3 Å². The highest BCUT2D eigenvalue weighted by Gasteiger charge is 2.22. The Labute approximate surface area is 118 Å². The summed E-state index contributed by atoms with van der Waals surface area (Å²) in [4.78, 5) is 12.0. The molecule has 1 amide bonds. The fourth-order valence-electron chi connectivity index (χ4n) is 1.89. The van der Waals surface area contributed by atoms with Crippen LogP contribution in [0.3, 0.4) is 0 Å². The molecular weight excluding hydrogens is 252 g/mol. The highest BCUT2D eigenvalue weighted by Crippen LogP contribution is 2.22. The maximum absolute atomic E-state index is 12.0. The van der Waals surface area contributed by atoms with Crippen molar-refractivity contribution < 1.29 is 9.21 Å². The molecule has 20 heavy (non-hydrogen) atoms. The molecule has 0 radical (unpaired) electrons. The van der Waals surface area contributed by atoms with Crippen molar-refractivity contribution >= 4 is 5.91 Å². The zero-order valence-corrected chi connectivity index (χ0v) is 11.0. The summed E-state index contributed by atoms with van der Waals surface area (Å²) in [5, 5.41) is 2.87. The molecule has 2 atom stereocenters. The Kier molecular flexibility index (Phi) is 4.59. The summed E-state index contributed by atoms with van der Waals surface area (Å²) in [7, 11) is 0. The number of carbonyl (C=O) groups excluding carboxylic acids is 1. The quantitative estimate of drug-likeness (QED) is 0.813. The molecule has 3 N–H and O–H groups in total. The van der Waals surface area contributed by atoms with E-state index in [4.69, 9.17) is 16.6 Å². The Morgan fingerprint density at radius 3 is 2.65 bits per heavy atom. The van der Waals surface area contributed by atoms with Gasteiger partial charge in [-0.2, -0.15) is 0 Å². The monoisotopic (exact) mass is 268 g/mol. The molecule has 2 unspecified atom stereocenters. The average molecular weight is 268 g/mol. The van der Waals surface area contributed by atoms with Gasteiger partial charge in [-0.25, -0.2) is 0 Å². The van der Waals surface area contributed by atoms with Crippen LogP contribution in [0.5, 0.6) is 0 Å². The summed E-state index contributed by atoms with van der Waals surface area (Å²) in [6.45, 7) is 0. The number of terminal acetylenes is 1. The second-order valence-corrected chi connectivity index (χ2v) is 4.38. The summed E-state index contributed by atoms with van der Waals surface area (Å²) in [6.07, 6.45) is 6.94. The lowest BCUT2D eigenvalue weighted by molar-refractivity contribution is -0.122. The van der Waals surface area contributed by atoms with Crippen molar-refractivity contribution in [3.05, 3.63) is 60.1 Å². The Bertz CT molecular complexity index is 585. The Morgan fingerprint density at radius 2 is 2.05 bits per heavy atom. The zero-order valence-electron chi connectivity index (χ0n) is 11.0. The lowest BCUT2D eigenvalue weighted by Crippen LogP contribution is -2.42. The maximum Gasteiger partial charge on any atom is 0.238 e. The first-order chi connectivity index (χ1) is 9.72. The van der Waals surface area contributed by atoms with Crippen LogP contribution < -0.4 is 11.1 Å². The molecule has 2 rings (SSSR count). The van der Waals surface area contributed by atoms with Gasteiger partial charge in [0.25, 0.3) is 0 Å². The molecule has 4 heteroatoms. The number of hydrogen-bond acceptors (Lipinski definition) is 3. The number of benzene rings is 1. The smallest absolute Gasteiger partial charge is 0.238 e. The molecule has 0 fully saturated rings. The zero-order chi connectivity index (χ0) is 14.4. The number of nitrogens with two attached hydrogens (primary N) is 1. The van der Waals surface area contributed by atoms with E-state index < -0.39 is 6.04 Å². The molecule has 0 saturated carbocycles. The van der Waals surface area contributed by atoms with E-state index in [9.17, 15) is 4.79 Å². The maximum atomic E-state index is 12.0. The van der Waals surface area contributed by atoms with Crippen LogP contribution in [0.2, 0.25) is 0 Å². The second kappa shape index (κ2) is 6.60. The fourth-order valence-corrected chi connectivity index (χ4v) is 1.89. The van der Waals surface area contributed by atoms with Crippen LogP contribution in [0, 0.1) is 12.3 Å². The molecule has 0 spiro atoms. The van der Waals surface area contributed by atoms with Gasteiger partial charge in [0.1, 0.15) is 11.8 Å². The van der Waals surface area contributed by atoms with E-state index in [-0.39, 0.29) is 18.4 Å². The molecule has 0 bridgehead atoms. The van der Waals surface area contributed by atoms with Crippen molar-refractivity contribution in [2.75, 3.05) is 0 Å². The number of rotatable bonds is 5. The molecule has 0 aliphatic rings. The summed E-state index contributed by atoms with van der Waals surface area (Å²) < 4.78 is 5.39. The minimum atomic E-state index is -0.721. The van der Waals surface area contributed by atoms with Crippen molar-refractivity contribution in [1.82, 2.24) is 5.32 Å². The van der Waals surface area contributed by atoms with Gasteiger partial charge in [0.05, 0.1) is 12.3 Å². The van der Waals surface area contributed by atoms with E-state index in [1.165, 1.54) is 0 Å². The van der Waals surface area contributed by atoms with E-state index in [2.05, 4.69) is 11.2 Å². The number of hydrogen-bond donors (Lipinski definition) is 2. The predicted molar refractivity (Wildman–Crippen MR) is 76.6 cm³/mol. The third kappa shape index (κ3) is 3.28. The summed E-state index contributed by atoms with van der Waals surface area (Å²) in [6, 6.07) is 12.0. The van der Waals surface area contributed by atoms with Crippen molar-refractivity contribution in [3.8, 4) is 12.3 Å². The highest BCUT2D eigenvalue weighted by molar-refractivity contribution is 5.82. The molecule has 2 aromatic rings. The van der Waals surface area contributed by atoms with E-state index in [1.54, 1.807) is 12.3 Å². The highest BCUT2D eigenvalue weighted by atomic mass is 16.3. The van der Waals surface area contributed by atoms with Crippen LogP contribution in [-0.4, -0.2) is 11.9 Å². The molecule has 0 aliphatic carbocycles. The third-order valence-electron chi connectivity index (χ3n) is 2.92. The number of carbonyl (C=O) groups is 1. The van der Waals surface area contributed by atoms with Gasteiger partial charge in [-0.15, -0.1) is 12.3 Å². The summed E-state index contributed by atoms with van der Waals surface area (Å²) in [5.74, 6) is 2.74. The first-order valence-corrected chi connectivity index (χ1v) is 6.30. The van der Waals surface area contributed by atoms with Crippen molar-refractivity contribution in [1.29, 1.82) is 0 Å². The summed E-state index contributed by atoms with van der Waals surface area (Å²) in [5.41, 5.74) is 6.64. The first-order valence-electron chi connectivity index (χ1n) is 6.30. The van der Waals surface area contributed by atoms with Crippen LogP contribution in [0.1, 0.15) is 23.8 Å². The minimum absolute atomic E-state index is 0.200.